The van der Waals surface area contributed by atoms with Crippen LogP contribution in [0.15, 0.2) is 11.1 Å². The van der Waals surface area contributed by atoms with Crippen LogP contribution in [-0.2, 0) is 9.53 Å². The van der Waals surface area contributed by atoms with Gasteiger partial charge in [-0.15, -0.1) is 11.8 Å². The molecule has 2 aliphatic heterocycles. The molecule has 3 rings (SSSR count). The van der Waals surface area contributed by atoms with Crippen LogP contribution < -0.4 is 15.5 Å². The molecule has 148 valence electrons. The van der Waals surface area contributed by atoms with Crippen LogP contribution in [0, 0.1) is 13.8 Å². The summed E-state index contributed by atoms with van der Waals surface area (Å²) in [6.45, 7) is 9.15. The second kappa shape index (κ2) is 9.38. The van der Waals surface area contributed by atoms with Crippen LogP contribution in [0.25, 0.3) is 0 Å². The van der Waals surface area contributed by atoms with E-state index in [1.165, 1.54) is 0 Å². The molecule has 2 aliphatic rings. The first-order valence-corrected chi connectivity index (χ1v) is 10.3. The molecule has 0 aromatic carbocycles. The standard InChI is InChI=1S/C18H27N5O3S/c1-13-11-14(2)21-17-16(13)23(7-10-27-17)18(25)20-12-15(24)19-3-4-22-5-8-26-9-6-22/h11H,3-10,12H2,1-2H3,(H,19,24)(H,20,25). The van der Waals surface area contributed by atoms with Crippen molar-refractivity contribution in [1.82, 2.24) is 20.5 Å². The number of fused-ring (bicyclic) bond motifs is 1. The highest BCUT2D eigenvalue weighted by Crippen LogP contribution is 2.36. The molecule has 2 N–H and O–H groups in total. The number of urea groups is 1. The predicted molar refractivity (Wildman–Crippen MR) is 105 cm³/mol. The number of thioether (sulfide) groups is 1. The van der Waals surface area contributed by atoms with Crippen LogP contribution >= 0.6 is 11.8 Å². The number of aromatic nitrogens is 1. The normalized spacial score (nSPS) is 17.3. The summed E-state index contributed by atoms with van der Waals surface area (Å²) < 4.78 is 5.30. The summed E-state index contributed by atoms with van der Waals surface area (Å²) >= 11 is 1.66. The van der Waals surface area contributed by atoms with Gasteiger partial charge in [0.2, 0.25) is 5.91 Å². The molecule has 0 atom stereocenters. The number of ether oxygens (including phenoxy) is 1. The van der Waals surface area contributed by atoms with Gasteiger partial charge < -0.3 is 15.4 Å². The molecule has 1 aromatic heterocycles. The molecular formula is C18H27N5O3S. The average Bonchev–Trinajstić information content (AvgIpc) is 2.66. The van der Waals surface area contributed by atoms with Crippen LogP contribution in [0.5, 0.6) is 0 Å². The van der Waals surface area contributed by atoms with Gasteiger partial charge in [0.1, 0.15) is 5.03 Å². The van der Waals surface area contributed by atoms with Crippen molar-refractivity contribution >= 4 is 29.4 Å². The van der Waals surface area contributed by atoms with Gasteiger partial charge in [0.05, 0.1) is 25.4 Å². The van der Waals surface area contributed by atoms with Crippen molar-refractivity contribution in [3.8, 4) is 0 Å². The Bertz CT molecular complexity index is 694. The monoisotopic (exact) mass is 393 g/mol. The Hall–Kier alpha value is -1.84. The Morgan fingerprint density at radius 1 is 1.22 bits per heavy atom. The van der Waals surface area contributed by atoms with Crippen LogP contribution in [-0.4, -0.2) is 80.1 Å². The van der Waals surface area contributed by atoms with E-state index >= 15 is 0 Å². The quantitative estimate of drug-likeness (QED) is 0.768. The molecule has 3 heterocycles. The summed E-state index contributed by atoms with van der Waals surface area (Å²) in [5.74, 6) is 0.615. The van der Waals surface area contributed by atoms with E-state index in [1.807, 2.05) is 19.9 Å². The maximum absolute atomic E-state index is 12.6. The molecular weight excluding hydrogens is 366 g/mol. The molecule has 8 nitrogen and oxygen atoms in total. The number of carbonyl (C=O) groups excluding carboxylic acids is 2. The topological polar surface area (TPSA) is 86.8 Å². The number of aryl methyl sites for hydroxylation is 2. The third kappa shape index (κ3) is 5.33. The second-order valence-corrected chi connectivity index (χ2v) is 7.78. The number of hydrogen-bond donors (Lipinski definition) is 2. The fourth-order valence-corrected chi connectivity index (χ4v) is 4.35. The number of morpholine rings is 1. The van der Waals surface area contributed by atoms with Crippen LogP contribution in [0.2, 0.25) is 0 Å². The van der Waals surface area contributed by atoms with E-state index in [9.17, 15) is 9.59 Å². The third-order valence-corrected chi connectivity index (χ3v) is 5.55. The molecule has 1 fully saturated rings. The zero-order valence-electron chi connectivity index (χ0n) is 15.9. The molecule has 0 bridgehead atoms. The first kappa shape index (κ1) is 19.9. The fourth-order valence-electron chi connectivity index (χ4n) is 3.27. The minimum atomic E-state index is -0.256. The molecule has 9 heteroatoms. The lowest BCUT2D eigenvalue weighted by atomic mass is 10.2. The SMILES string of the molecule is Cc1cc(C)c2c(n1)SCCN2C(=O)NCC(=O)NCCN1CCOCC1. The molecule has 3 amide bonds. The van der Waals surface area contributed by atoms with E-state index in [1.54, 1.807) is 16.7 Å². The van der Waals surface area contributed by atoms with Crippen LogP contribution in [0.4, 0.5) is 10.5 Å². The Morgan fingerprint density at radius 3 is 2.78 bits per heavy atom. The summed E-state index contributed by atoms with van der Waals surface area (Å²) in [4.78, 5) is 33.1. The number of nitrogens with one attached hydrogen (secondary N) is 2. The van der Waals surface area contributed by atoms with Crippen LogP contribution in [0.3, 0.4) is 0 Å². The zero-order valence-corrected chi connectivity index (χ0v) is 16.7. The summed E-state index contributed by atoms with van der Waals surface area (Å²) in [5.41, 5.74) is 2.82. The minimum absolute atomic E-state index is 0.0285. The van der Waals surface area contributed by atoms with E-state index in [0.717, 1.165) is 60.6 Å². The van der Waals surface area contributed by atoms with Crippen molar-refractivity contribution < 1.29 is 14.3 Å². The number of rotatable bonds is 5. The number of anilines is 1. The first-order chi connectivity index (χ1) is 13.0. The molecule has 1 aromatic rings. The smallest absolute Gasteiger partial charge is 0.322 e. The van der Waals surface area contributed by atoms with Gasteiger partial charge in [-0.2, -0.15) is 0 Å². The summed E-state index contributed by atoms with van der Waals surface area (Å²) in [7, 11) is 0. The van der Waals surface area contributed by atoms with Crippen molar-refractivity contribution in [3.63, 3.8) is 0 Å². The van der Waals surface area contributed by atoms with Gasteiger partial charge in [0, 0.05) is 44.2 Å². The lowest BCUT2D eigenvalue weighted by molar-refractivity contribution is -0.120. The summed E-state index contributed by atoms with van der Waals surface area (Å²) in [6, 6.07) is 1.72. The van der Waals surface area contributed by atoms with Crippen LogP contribution in [0.1, 0.15) is 11.3 Å². The molecule has 1 saturated heterocycles. The first-order valence-electron chi connectivity index (χ1n) is 9.28. The van der Waals surface area contributed by atoms with Gasteiger partial charge in [-0.1, -0.05) is 0 Å². The molecule has 0 saturated carbocycles. The highest BCUT2D eigenvalue weighted by atomic mass is 32.2. The molecule has 27 heavy (non-hydrogen) atoms. The molecule has 0 unspecified atom stereocenters. The zero-order chi connectivity index (χ0) is 19.2. The molecule has 0 spiro atoms. The predicted octanol–water partition coefficient (Wildman–Crippen LogP) is 0.769. The number of nitrogens with zero attached hydrogens (tertiary/aromatic N) is 3. The Labute approximate surface area is 164 Å². The lowest BCUT2D eigenvalue weighted by Crippen LogP contribution is -2.47. The maximum Gasteiger partial charge on any atom is 0.322 e. The minimum Gasteiger partial charge on any atom is -0.379 e. The Balaban J connectivity index is 1.46. The largest absolute Gasteiger partial charge is 0.379 e. The van der Waals surface area contributed by atoms with Gasteiger partial charge >= 0.3 is 6.03 Å². The Morgan fingerprint density at radius 2 is 2.00 bits per heavy atom. The number of amides is 3. The van der Waals surface area contributed by atoms with E-state index < -0.39 is 0 Å². The second-order valence-electron chi connectivity index (χ2n) is 6.70. The van der Waals surface area contributed by atoms with Gasteiger partial charge in [0.25, 0.3) is 0 Å². The maximum atomic E-state index is 12.6. The van der Waals surface area contributed by atoms with Gasteiger partial charge in [0.15, 0.2) is 0 Å². The average molecular weight is 394 g/mol. The highest BCUT2D eigenvalue weighted by Gasteiger charge is 2.26. The van der Waals surface area contributed by atoms with Crippen molar-refractivity contribution in [2.24, 2.45) is 0 Å². The van der Waals surface area contributed by atoms with Crippen molar-refractivity contribution in [3.05, 3.63) is 17.3 Å². The summed E-state index contributed by atoms with van der Waals surface area (Å²) in [6.07, 6.45) is 0. The van der Waals surface area contributed by atoms with Crippen molar-refractivity contribution in [2.75, 3.05) is 63.1 Å². The van der Waals surface area contributed by atoms with Crippen molar-refractivity contribution in [2.45, 2.75) is 18.9 Å². The third-order valence-electron chi connectivity index (χ3n) is 4.60. The number of hydrogen-bond acceptors (Lipinski definition) is 6. The Kier molecular flexibility index (Phi) is 6.92. The molecule has 0 radical (unpaired) electrons. The van der Waals surface area contributed by atoms with Gasteiger partial charge in [-0.05, 0) is 25.5 Å². The van der Waals surface area contributed by atoms with Gasteiger partial charge in [-0.3, -0.25) is 14.6 Å². The van der Waals surface area contributed by atoms with E-state index in [-0.39, 0.29) is 18.5 Å². The number of pyridine rings is 1. The lowest BCUT2D eigenvalue weighted by Gasteiger charge is -2.30. The van der Waals surface area contributed by atoms with E-state index in [2.05, 4.69) is 20.5 Å². The van der Waals surface area contributed by atoms with E-state index in [4.69, 9.17) is 4.74 Å². The van der Waals surface area contributed by atoms with Crippen molar-refractivity contribution in [1.29, 1.82) is 0 Å². The highest BCUT2D eigenvalue weighted by molar-refractivity contribution is 7.99. The fraction of sp³-hybridized carbons (Fsp3) is 0.611. The molecule has 0 aliphatic carbocycles. The number of carbonyl (C=O) groups is 2. The van der Waals surface area contributed by atoms with E-state index in [0.29, 0.717) is 13.1 Å². The van der Waals surface area contributed by atoms with Gasteiger partial charge in [-0.25, -0.2) is 9.78 Å². The summed E-state index contributed by atoms with van der Waals surface area (Å²) in [5, 5.41) is 6.46.